The fourth-order valence-electron chi connectivity index (χ4n) is 4.76. The number of hydrogen-bond donors (Lipinski definition) is 2. The van der Waals surface area contributed by atoms with Crippen molar-refractivity contribution in [2.45, 2.75) is 50.3 Å². The van der Waals surface area contributed by atoms with Gasteiger partial charge in [-0.1, -0.05) is 24.6 Å². The normalized spacial score (nSPS) is 24.0. The van der Waals surface area contributed by atoms with Crippen LogP contribution in [0.1, 0.15) is 49.3 Å². The van der Waals surface area contributed by atoms with Crippen LogP contribution in [0.2, 0.25) is 0 Å². The van der Waals surface area contributed by atoms with Gasteiger partial charge in [0.15, 0.2) is 11.5 Å². The molecule has 6 heteroatoms. The van der Waals surface area contributed by atoms with E-state index in [9.17, 15) is 15.0 Å². The van der Waals surface area contributed by atoms with Crippen LogP contribution in [0, 0.1) is 0 Å². The van der Waals surface area contributed by atoms with Crippen LogP contribution in [0.15, 0.2) is 48.5 Å². The molecule has 4 rings (SSSR count). The number of phenolic OH excluding ortho intramolecular Hbond substituents is 2. The first kappa shape index (κ1) is 21.2. The number of methoxy groups -OCH3 is 1. The Morgan fingerprint density at radius 1 is 1.10 bits per heavy atom. The molecule has 0 unspecified atom stereocenters. The SMILES string of the molecule is COc1ccc([C@H]2C[C@H](OC(=O)/C=C/c3ccc(O)cc3)C[C@@H]3CCCCN32)cc1O. The maximum atomic E-state index is 12.5. The first-order chi connectivity index (χ1) is 15.0. The lowest BCUT2D eigenvalue weighted by Gasteiger charge is -2.47. The van der Waals surface area contributed by atoms with Gasteiger partial charge in [0.25, 0.3) is 0 Å². The van der Waals surface area contributed by atoms with Gasteiger partial charge in [-0.3, -0.25) is 4.90 Å². The lowest BCUT2D eigenvalue weighted by atomic mass is 9.84. The average Bonchev–Trinajstić information content (AvgIpc) is 2.78. The van der Waals surface area contributed by atoms with E-state index in [2.05, 4.69) is 4.90 Å². The van der Waals surface area contributed by atoms with Gasteiger partial charge in [0.2, 0.25) is 0 Å². The molecular formula is C25H29NO5. The number of hydrogen-bond acceptors (Lipinski definition) is 6. The van der Waals surface area contributed by atoms with Crippen LogP contribution in [0.5, 0.6) is 17.2 Å². The third-order valence-corrected chi connectivity index (χ3v) is 6.27. The van der Waals surface area contributed by atoms with E-state index >= 15 is 0 Å². The van der Waals surface area contributed by atoms with E-state index < -0.39 is 0 Å². The summed E-state index contributed by atoms with van der Waals surface area (Å²) in [6.45, 7) is 1.02. The van der Waals surface area contributed by atoms with Crippen LogP contribution in [0.25, 0.3) is 6.08 Å². The second-order valence-corrected chi connectivity index (χ2v) is 8.29. The van der Waals surface area contributed by atoms with Gasteiger partial charge in [-0.25, -0.2) is 4.79 Å². The minimum absolute atomic E-state index is 0.0923. The van der Waals surface area contributed by atoms with Crippen molar-refractivity contribution in [3.63, 3.8) is 0 Å². The van der Waals surface area contributed by atoms with Crippen LogP contribution in [0.4, 0.5) is 0 Å². The zero-order valence-electron chi connectivity index (χ0n) is 17.7. The fourth-order valence-corrected chi connectivity index (χ4v) is 4.76. The van der Waals surface area contributed by atoms with Crippen molar-refractivity contribution in [2.24, 2.45) is 0 Å². The predicted octanol–water partition coefficient (Wildman–Crippen LogP) is 4.42. The lowest BCUT2D eigenvalue weighted by Crippen LogP contribution is -2.49. The molecule has 2 aromatic carbocycles. The fraction of sp³-hybridized carbons (Fsp3) is 0.400. The van der Waals surface area contributed by atoms with Crippen LogP contribution in [-0.2, 0) is 9.53 Å². The number of aromatic hydroxyl groups is 2. The summed E-state index contributed by atoms with van der Waals surface area (Å²) in [6.07, 6.45) is 7.92. The number of rotatable bonds is 5. The van der Waals surface area contributed by atoms with Gasteiger partial charge in [0, 0.05) is 31.0 Å². The molecule has 3 atom stereocenters. The highest BCUT2D eigenvalue weighted by molar-refractivity contribution is 5.87. The Balaban J connectivity index is 1.47. The molecule has 0 saturated carbocycles. The highest BCUT2D eigenvalue weighted by Gasteiger charge is 2.39. The zero-order chi connectivity index (χ0) is 21.8. The molecule has 6 nitrogen and oxygen atoms in total. The number of nitrogens with zero attached hydrogens (tertiary/aromatic N) is 1. The van der Waals surface area contributed by atoms with Crippen molar-refractivity contribution in [1.82, 2.24) is 4.90 Å². The van der Waals surface area contributed by atoms with Crippen molar-refractivity contribution >= 4 is 12.0 Å². The van der Waals surface area contributed by atoms with E-state index in [1.165, 1.54) is 19.6 Å². The molecule has 31 heavy (non-hydrogen) atoms. The molecule has 0 amide bonds. The molecule has 0 spiro atoms. The lowest BCUT2D eigenvalue weighted by molar-refractivity contribution is -0.148. The van der Waals surface area contributed by atoms with Crippen LogP contribution < -0.4 is 4.74 Å². The van der Waals surface area contributed by atoms with E-state index in [-0.39, 0.29) is 29.6 Å². The molecule has 164 valence electrons. The first-order valence-electron chi connectivity index (χ1n) is 10.8. The van der Waals surface area contributed by atoms with Crippen LogP contribution >= 0.6 is 0 Å². The molecule has 2 aliphatic heterocycles. The van der Waals surface area contributed by atoms with Crippen molar-refractivity contribution in [3.8, 4) is 17.2 Å². The van der Waals surface area contributed by atoms with Crippen molar-refractivity contribution in [1.29, 1.82) is 0 Å². The van der Waals surface area contributed by atoms with E-state index in [4.69, 9.17) is 9.47 Å². The first-order valence-corrected chi connectivity index (χ1v) is 10.8. The molecule has 2 fully saturated rings. The van der Waals surface area contributed by atoms with Gasteiger partial charge in [-0.05, 0) is 60.9 Å². The monoisotopic (exact) mass is 423 g/mol. The van der Waals surface area contributed by atoms with Gasteiger partial charge in [-0.2, -0.15) is 0 Å². The molecular weight excluding hydrogens is 394 g/mol. The topological polar surface area (TPSA) is 79.2 Å². The summed E-state index contributed by atoms with van der Waals surface area (Å²) < 4.78 is 11.0. The number of ether oxygens (including phenoxy) is 2. The Bertz CT molecular complexity index is 939. The molecule has 0 radical (unpaired) electrons. The maximum Gasteiger partial charge on any atom is 0.331 e. The number of piperidine rings is 2. The quantitative estimate of drug-likeness (QED) is 0.547. The zero-order valence-corrected chi connectivity index (χ0v) is 17.7. The van der Waals surface area contributed by atoms with Crippen LogP contribution in [-0.4, -0.2) is 46.9 Å². The maximum absolute atomic E-state index is 12.5. The molecule has 0 aromatic heterocycles. The number of esters is 1. The summed E-state index contributed by atoms with van der Waals surface area (Å²) in [5, 5.41) is 19.6. The standard InChI is InChI=1S/C25H29NO5/c1-30-24-11-8-18(14-23(24)28)22-16-21(15-19-4-2-3-13-26(19)22)31-25(29)12-7-17-5-9-20(27)10-6-17/h5-12,14,19,21-22,27-28H,2-4,13,15-16H2,1H3/b12-7+/t19-,21+,22+/m0/s1. The Labute approximate surface area is 182 Å². The minimum Gasteiger partial charge on any atom is -0.508 e. The summed E-state index contributed by atoms with van der Waals surface area (Å²) in [5.74, 6) is 0.412. The number of carbonyl (C=O) groups is 1. The molecule has 0 bridgehead atoms. The molecule has 2 aromatic rings. The van der Waals surface area contributed by atoms with E-state index in [0.717, 1.165) is 36.9 Å². The Kier molecular flexibility index (Phi) is 6.47. The predicted molar refractivity (Wildman–Crippen MR) is 118 cm³/mol. The molecule has 0 aliphatic carbocycles. The van der Waals surface area contributed by atoms with Crippen molar-refractivity contribution < 1.29 is 24.5 Å². The summed E-state index contributed by atoms with van der Waals surface area (Å²) >= 11 is 0. The molecule has 2 saturated heterocycles. The second kappa shape index (κ2) is 9.43. The van der Waals surface area contributed by atoms with Gasteiger partial charge in [0.05, 0.1) is 7.11 Å². The largest absolute Gasteiger partial charge is 0.508 e. The molecule has 2 heterocycles. The Morgan fingerprint density at radius 2 is 1.90 bits per heavy atom. The number of phenols is 2. The third kappa shape index (κ3) is 5.02. The Morgan fingerprint density at radius 3 is 2.65 bits per heavy atom. The Hall–Kier alpha value is -2.99. The van der Waals surface area contributed by atoms with Crippen molar-refractivity contribution in [2.75, 3.05) is 13.7 Å². The van der Waals surface area contributed by atoms with Gasteiger partial charge in [0.1, 0.15) is 11.9 Å². The number of carbonyl (C=O) groups excluding carboxylic acids is 1. The van der Waals surface area contributed by atoms with Crippen LogP contribution in [0.3, 0.4) is 0 Å². The average molecular weight is 424 g/mol. The summed E-state index contributed by atoms with van der Waals surface area (Å²) in [4.78, 5) is 15.0. The molecule has 2 aliphatic rings. The number of fused-ring (bicyclic) bond motifs is 1. The summed E-state index contributed by atoms with van der Waals surface area (Å²) in [7, 11) is 1.54. The van der Waals surface area contributed by atoms with E-state index in [0.29, 0.717) is 18.2 Å². The summed E-state index contributed by atoms with van der Waals surface area (Å²) in [6, 6.07) is 12.7. The van der Waals surface area contributed by atoms with Crippen molar-refractivity contribution in [3.05, 3.63) is 59.7 Å². The van der Waals surface area contributed by atoms with E-state index in [1.807, 2.05) is 6.07 Å². The summed E-state index contributed by atoms with van der Waals surface area (Å²) in [5.41, 5.74) is 1.84. The smallest absolute Gasteiger partial charge is 0.331 e. The molecule has 2 N–H and O–H groups in total. The third-order valence-electron chi connectivity index (χ3n) is 6.27. The minimum atomic E-state index is -0.362. The number of benzene rings is 2. The van der Waals surface area contributed by atoms with Gasteiger partial charge >= 0.3 is 5.97 Å². The second-order valence-electron chi connectivity index (χ2n) is 8.29. The highest BCUT2D eigenvalue weighted by atomic mass is 16.5. The van der Waals surface area contributed by atoms with E-state index in [1.54, 1.807) is 42.5 Å². The van der Waals surface area contributed by atoms with Gasteiger partial charge < -0.3 is 19.7 Å². The highest BCUT2D eigenvalue weighted by Crippen LogP contribution is 2.41. The van der Waals surface area contributed by atoms with Gasteiger partial charge in [-0.15, -0.1) is 0 Å².